The van der Waals surface area contributed by atoms with Crippen LogP contribution in [0.2, 0.25) is 0 Å². The fraction of sp³-hybridized carbons (Fsp3) is 0.385. The molecule has 3 nitrogen and oxygen atoms in total. The van der Waals surface area contributed by atoms with Crippen molar-refractivity contribution in [2.45, 2.75) is 13.3 Å². The second-order valence-electron chi connectivity index (χ2n) is 4.16. The van der Waals surface area contributed by atoms with E-state index in [1.165, 1.54) is 6.92 Å². The molecule has 0 spiro atoms. The van der Waals surface area contributed by atoms with Crippen LogP contribution in [-0.4, -0.2) is 24.7 Å². The van der Waals surface area contributed by atoms with Gasteiger partial charge in [0.25, 0.3) is 0 Å². The summed E-state index contributed by atoms with van der Waals surface area (Å²) in [6.45, 7) is 2.74. The highest BCUT2D eigenvalue weighted by atomic mass is 16.1. The summed E-state index contributed by atoms with van der Waals surface area (Å²) in [5.74, 6) is -0.376. The summed E-state index contributed by atoms with van der Waals surface area (Å²) < 4.78 is 0. The molecule has 1 aromatic rings. The van der Waals surface area contributed by atoms with Crippen molar-refractivity contribution >= 4 is 17.3 Å². The Morgan fingerprint density at radius 2 is 2.00 bits per heavy atom. The molecule has 0 aliphatic carbocycles. The van der Waals surface area contributed by atoms with Crippen molar-refractivity contribution in [1.29, 1.82) is 0 Å². The summed E-state index contributed by atoms with van der Waals surface area (Å²) >= 11 is 0. The molecule has 0 N–H and O–H groups in total. The van der Waals surface area contributed by atoms with E-state index in [-0.39, 0.29) is 11.6 Å². The van der Waals surface area contributed by atoms with Gasteiger partial charge in [0, 0.05) is 25.2 Å². The number of rotatable bonds is 2. The van der Waals surface area contributed by atoms with Crippen LogP contribution >= 0.6 is 0 Å². The highest BCUT2D eigenvalue weighted by Gasteiger charge is 2.30. The fourth-order valence-electron chi connectivity index (χ4n) is 2.06. The zero-order valence-corrected chi connectivity index (χ0v) is 9.35. The molecular formula is C13H15NO2. The number of nitrogens with zero attached hydrogens (tertiary/aromatic N) is 1. The van der Waals surface area contributed by atoms with Crippen LogP contribution in [0.4, 0.5) is 5.69 Å². The summed E-state index contributed by atoms with van der Waals surface area (Å²) in [6, 6.07) is 9.91. The maximum Gasteiger partial charge on any atom is 0.146 e. The third-order valence-corrected chi connectivity index (χ3v) is 3.03. The monoisotopic (exact) mass is 217 g/mol. The van der Waals surface area contributed by atoms with E-state index in [1.54, 1.807) is 0 Å². The molecule has 1 unspecified atom stereocenters. The molecule has 16 heavy (non-hydrogen) atoms. The van der Waals surface area contributed by atoms with E-state index in [4.69, 9.17) is 0 Å². The zero-order valence-electron chi connectivity index (χ0n) is 9.35. The first-order valence-electron chi connectivity index (χ1n) is 5.51. The lowest BCUT2D eigenvalue weighted by molar-refractivity contribution is -0.131. The maximum atomic E-state index is 11.6. The number of benzene rings is 1. The molecule has 0 aromatic heterocycles. The normalized spacial score (nSPS) is 20.9. The van der Waals surface area contributed by atoms with Crippen LogP contribution in [0.5, 0.6) is 0 Å². The summed E-state index contributed by atoms with van der Waals surface area (Å²) in [7, 11) is 0. The van der Waals surface area contributed by atoms with E-state index in [9.17, 15) is 9.59 Å². The van der Waals surface area contributed by atoms with Crippen LogP contribution in [0.3, 0.4) is 0 Å². The van der Waals surface area contributed by atoms with Gasteiger partial charge in [0.1, 0.15) is 11.6 Å². The predicted molar refractivity (Wildman–Crippen MR) is 62.5 cm³/mol. The number of hydrogen-bond donors (Lipinski definition) is 0. The van der Waals surface area contributed by atoms with Crippen LogP contribution in [0.25, 0.3) is 0 Å². The molecule has 1 atom stereocenters. The van der Waals surface area contributed by atoms with Crippen molar-refractivity contribution in [1.82, 2.24) is 0 Å². The average molecular weight is 217 g/mol. The molecule has 0 saturated carbocycles. The van der Waals surface area contributed by atoms with E-state index in [0.29, 0.717) is 19.5 Å². The van der Waals surface area contributed by atoms with Gasteiger partial charge in [-0.15, -0.1) is 0 Å². The zero-order chi connectivity index (χ0) is 11.5. The number of anilines is 1. The Kier molecular flexibility index (Phi) is 3.04. The van der Waals surface area contributed by atoms with E-state index in [1.807, 2.05) is 30.3 Å². The van der Waals surface area contributed by atoms with Gasteiger partial charge in [0.2, 0.25) is 0 Å². The highest BCUT2D eigenvalue weighted by molar-refractivity contribution is 6.02. The van der Waals surface area contributed by atoms with Gasteiger partial charge in [-0.1, -0.05) is 18.2 Å². The average Bonchev–Trinajstić information content (AvgIpc) is 2.30. The largest absolute Gasteiger partial charge is 0.370 e. The SMILES string of the molecule is CC(=O)C1CN(c2ccccc2)CCC1=O. The molecular weight excluding hydrogens is 202 g/mol. The second kappa shape index (κ2) is 4.47. The van der Waals surface area contributed by atoms with Crippen LogP contribution < -0.4 is 4.90 Å². The van der Waals surface area contributed by atoms with Gasteiger partial charge in [0.15, 0.2) is 0 Å². The molecule has 1 aliphatic heterocycles. The Bertz CT molecular complexity index is 400. The first-order valence-corrected chi connectivity index (χ1v) is 5.51. The number of carbonyl (C=O) groups is 2. The smallest absolute Gasteiger partial charge is 0.146 e. The number of para-hydroxylation sites is 1. The number of carbonyl (C=O) groups excluding carboxylic acids is 2. The lowest BCUT2D eigenvalue weighted by Crippen LogP contribution is -2.43. The Labute approximate surface area is 95.1 Å². The summed E-state index contributed by atoms with van der Waals surface area (Å²) in [5.41, 5.74) is 1.08. The second-order valence-corrected chi connectivity index (χ2v) is 4.16. The van der Waals surface area contributed by atoms with Crippen molar-refractivity contribution in [2.24, 2.45) is 5.92 Å². The Morgan fingerprint density at radius 3 is 2.62 bits per heavy atom. The summed E-state index contributed by atoms with van der Waals surface area (Å²) in [5, 5.41) is 0. The molecule has 1 fully saturated rings. The van der Waals surface area contributed by atoms with E-state index < -0.39 is 5.92 Å². The Hall–Kier alpha value is -1.64. The number of hydrogen-bond acceptors (Lipinski definition) is 3. The quantitative estimate of drug-likeness (QED) is 0.707. The maximum absolute atomic E-state index is 11.6. The molecule has 0 bridgehead atoms. The van der Waals surface area contributed by atoms with Gasteiger partial charge in [-0.3, -0.25) is 9.59 Å². The Morgan fingerprint density at radius 1 is 1.31 bits per heavy atom. The van der Waals surface area contributed by atoms with Crippen molar-refractivity contribution in [3.63, 3.8) is 0 Å². The molecule has 2 rings (SSSR count). The third kappa shape index (κ3) is 2.13. The lowest BCUT2D eigenvalue weighted by atomic mass is 9.93. The topological polar surface area (TPSA) is 37.4 Å². The summed E-state index contributed by atoms with van der Waals surface area (Å²) in [4.78, 5) is 25.0. The summed E-state index contributed by atoms with van der Waals surface area (Å²) in [6.07, 6.45) is 0.471. The Balaban J connectivity index is 2.15. The van der Waals surface area contributed by atoms with Crippen LogP contribution in [0, 0.1) is 5.92 Å². The van der Waals surface area contributed by atoms with Gasteiger partial charge in [0.05, 0.1) is 5.92 Å². The van der Waals surface area contributed by atoms with Crippen molar-refractivity contribution in [3.8, 4) is 0 Å². The third-order valence-electron chi connectivity index (χ3n) is 3.03. The standard InChI is InChI=1S/C13H15NO2/c1-10(15)12-9-14(8-7-13(12)16)11-5-3-2-4-6-11/h2-6,12H,7-9H2,1H3. The lowest BCUT2D eigenvalue weighted by Gasteiger charge is -2.32. The molecule has 3 heteroatoms. The molecule has 1 saturated heterocycles. The predicted octanol–water partition coefficient (Wildman–Crippen LogP) is 1.67. The molecule has 84 valence electrons. The van der Waals surface area contributed by atoms with Gasteiger partial charge >= 0.3 is 0 Å². The van der Waals surface area contributed by atoms with Gasteiger partial charge in [-0.2, -0.15) is 0 Å². The minimum atomic E-state index is -0.436. The van der Waals surface area contributed by atoms with Crippen LogP contribution in [-0.2, 0) is 9.59 Å². The first kappa shape index (κ1) is 10.9. The van der Waals surface area contributed by atoms with E-state index in [0.717, 1.165) is 5.69 Å². The van der Waals surface area contributed by atoms with Crippen LogP contribution in [0.15, 0.2) is 30.3 Å². The number of piperidine rings is 1. The van der Waals surface area contributed by atoms with Crippen molar-refractivity contribution < 1.29 is 9.59 Å². The van der Waals surface area contributed by atoms with Gasteiger partial charge in [-0.25, -0.2) is 0 Å². The van der Waals surface area contributed by atoms with Crippen molar-refractivity contribution in [2.75, 3.05) is 18.0 Å². The van der Waals surface area contributed by atoms with E-state index in [2.05, 4.69) is 4.90 Å². The van der Waals surface area contributed by atoms with Crippen molar-refractivity contribution in [3.05, 3.63) is 30.3 Å². The van der Waals surface area contributed by atoms with Gasteiger partial charge in [-0.05, 0) is 19.1 Å². The minimum Gasteiger partial charge on any atom is -0.370 e. The van der Waals surface area contributed by atoms with Gasteiger partial charge < -0.3 is 4.90 Å². The molecule has 1 aromatic carbocycles. The fourth-order valence-corrected chi connectivity index (χ4v) is 2.06. The van der Waals surface area contributed by atoms with E-state index >= 15 is 0 Å². The molecule has 0 amide bonds. The highest BCUT2D eigenvalue weighted by Crippen LogP contribution is 2.21. The number of Topliss-reactive ketones (excluding diaryl/α,β-unsaturated/α-hetero) is 2. The number of ketones is 2. The molecule has 1 aliphatic rings. The van der Waals surface area contributed by atoms with Crippen LogP contribution in [0.1, 0.15) is 13.3 Å². The molecule has 1 heterocycles. The first-order chi connectivity index (χ1) is 7.68. The molecule has 0 radical (unpaired) electrons. The minimum absolute atomic E-state index is 0.0226.